The van der Waals surface area contributed by atoms with E-state index in [0.717, 1.165) is 20.8 Å². The van der Waals surface area contributed by atoms with Gasteiger partial charge in [0.15, 0.2) is 0 Å². The molecule has 0 radical (unpaired) electrons. The molecule has 0 aliphatic rings. The van der Waals surface area contributed by atoms with Gasteiger partial charge in [-0.1, -0.05) is 5.16 Å². The Kier molecular flexibility index (Phi) is 3.92. The van der Waals surface area contributed by atoms with Gasteiger partial charge in [0.1, 0.15) is 6.54 Å². The van der Waals surface area contributed by atoms with Crippen molar-refractivity contribution in [2.45, 2.75) is 33.0 Å². The predicted molar refractivity (Wildman–Crippen MR) is 76.0 cm³/mol. The molecule has 3 rings (SSSR count). The second-order valence-corrected chi connectivity index (χ2v) is 5.99. The van der Waals surface area contributed by atoms with E-state index < -0.39 is 12.7 Å². The minimum atomic E-state index is -4.30. The molecule has 10 heteroatoms. The molecule has 3 aromatic rings. The zero-order chi connectivity index (χ0) is 16.6. The Morgan fingerprint density at radius 2 is 2.09 bits per heavy atom. The summed E-state index contributed by atoms with van der Waals surface area (Å²) in [5.74, 6) is 0.723. The predicted octanol–water partition coefficient (Wildman–Crippen LogP) is 3.16. The van der Waals surface area contributed by atoms with Crippen LogP contribution in [0.4, 0.5) is 13.2 Å². The Morgan fingerprint density at radius 3 is 2.74 bits per heavy atom. The molecule has 122 valence electrons. The van der Waals surface area contributed by atoms with Gasteiger partial charge >= 0.3 is 6.18 Å². The van der Waals surface area contributed by atoms with Crippen LogP contribution in [0.2, 0.25) is 0 Å². The summed E-state index contributed by atoms with van der Waals surface area (Å²) in [5.41, 5.74) is 2.07. The fraction of sp³-hybridized carbons (Fsp3) is 0.385. The van der Waals surface area contributed by atoms with E-state index in [0.29, 0.717) is 17.4 Å². The van der Waals surface area contributed by atoms with E-state index in [1.165, 1.54) is 23.8 Å². The zero-order valence-corrected chi connectivity index (χ0v) is 13.1. The summed E-state index contributed by atoms with van der Waals surface area (Å²) >= 11 is 1.35. The second-order valence-electron chi connectivity index (χ2n) is 5.01. The van der Waals surface area contributed by atoms with Gasteiger partial charge in [-0.15, -0.1) is 0 Å². The highest BCUT2D eigenvalue weighted by molar-refractivity contribution is 7.06. The zero-order valence-electron chi connectivity index (χ0n) is 12.3. The highest BCUT2D eigenvalue weighted by Crippen LogP contribution is 2.27. The molecule has 0 fully saturated rings. The number of aromatic nitrogens is 5. The molecule has 6 nitrogen and oxygen atoms in total. The lowest BCUT2D eigenvalue weighted by atomic mass is 10.2. The van der Waals surface area contributed by atoms with Gasteiger partial charge < -0.3 is 4.52 Å². The minimum Gasteiger partial charge on any atom is -0.339 e. The summed E-state index contributed by atoms with van der Waals surface area (Å²) in [5, 5.41) is 7.77. The van der Waals surface area contributed by atoms with Crippen LogP contribution in [0.5, 0.6) is 0 Å². The summed E-state index contributed by atoms with van der Waals surface area (Å²) in [4.78, 5) is 5.25. The first-order chi connectivity index (χ1) is 10.8. The first-order valence-electron chi connectivity index (χ1n) is 6.67. The molecule has 0 aliphatic heterocycles. The molecule has 0 unspecified atom stereocenters. The molecule has 0 aliphatic carbocycles. The lowest BCUT2D eigenvalue weighted by Gasteiger charge is -2.05. The van der Waals surface area contributed by atoms with Crippen molar-refractivity contribution < 1.29 is 17.7 Å². The average Bonchev–Trinajstić information content (AvgIpc) is 3.12. The summed E-state index contributed by atoms with van der Waals surface area (Å²) in [6.45, 7) is 2.64. The van der Waals surface area contributed by atoms with Gasteiger partial charge in [-0.3, -0.25) is 4.68 Å². The van der Waals surface area contributed by atoms with Crippen molar-refractivity contribution in [1.29, 1.82) is 0 Å². The topological polar surface area (TPSA) is 69.6 Å². The number of hydrogen-bond acceptors (Lipinski definition) is 6. The van der Waals surface area contributed by atoms with E-state index in [-0.39, 0.29) is 6.42 Å². The first-order valence-corrected chi connectivity index (χ1v) is 7.44. The minimum absolute atomic E-state index is 0.174. The summed E-state index contributed by atoms with van der Waals surface area (Å²) < 4.78 is 47.1. The van der Waals surface area contributed by atoms with Crippen molar-refractivity contribution in [2.75, 3.05) is 0 Å². The molecule has 0 N–H and O–H groups in total. The number of nitrogens with zero attached hydrogens (tertiary/aromatic N) is 5. The fourth-order valence-corrected chi connectivity index (χ4v) is 2.85. The van der Waals surface area contributed by atoms with Crippen molar-refractivity contribution in [3.05, 3.63) is 34.4 Å². The van der Waals surface area contributed by atoms with Crippen molar-refractivity contribution in [3.63, 3.8) is 0 Å². The monoisotopic (exact) mass is 343 g/mol. The third-order valence-corrected chi connectivity index (χ3v) is 3.94. The van der Waals surface area contributed by atoms with Crippen LogP contribution in [0.25, 0.3) is 11.4 Å². The fourth-order valence-electron chi connectivity index (χ4n) is 2.16. The van der Waals surface area contributed by atoms with Crippen LogP contribution in [0.1, 0.15) is 22.2 Å². The molecule has 3 heterocycles. The van der Waals surface area contributed by atoms with Crippen LogP contribution in [0.15, 0.2) is 16.8 Å². The molecule has 0 saturated heterocycles. The SMILES string of the molecule is Cc1nsc(C)c1-c1noc(Cc2ccn(CC(F)(F)F)n2)n1. The van der Waals surface area contributed by atoms with Crippen molar-refractivity contribution in [3.8, 4) is 11.4 Å². The third kappa shape index (κ3) is 3.58. The van der Waals surface area contributed by atoms with E-state index in [1.807, 2.05) is 13.8 Å². The third-order valence-electron chi connectivity index (χ3n) is 3.09. The Balaban J connectivity index is 1.75. The smallest absolute Gasteiger partial charge is 0.339 e. The quantitative estimate of drug-likeness (QED) is 0.728. The van der Waals surface area contributed by atoms with Crippen LogP contribution in [0, 0.1) is 13.8 Å². The lowest BCUT2D eigenvalue weighted by molar-refractivity contribution is -0.142. The van der Waals surface area contributed by atoms with Gasteiger partial charge in [0, 0.05) is 11.1 Å². The van der Waals surface area contributed by atoms with Gasteiger partial charge in [0.2, 0.25) is 11.7 Å². The first kappa shape index (κ1) is 15.7. The number of hydrogen-bond donors (Lipinski definition) is 0. The molecule has 0 saturated carbocycles. The Bertz CT molecular complexity index is 800. The molecule has 0 atom stereocenters. The normalized spacial score (nSPS) is 12.0. The van der Waals surface area contributed by atoms with Gasteiger partial charge in [-0.05, 0) is 31.4 Å². The van der Waals surface area contributed by atoms with Crippen LogP contribution in [-0.4, -0.2) is 30.5 Å². The van der Waals surface area contributed by atoms with Crippen LogP contribution in [0.3, 0.4) is 0 Å². The maximum Gasteiger partial charge on any atom is 0.408 e. The average molecular weight is 343 g/mol. The summed E-state index contributed by atoms with van der Waals surface area (Å²) in [7, 11) is 0. The Hall–Kier alpha value is -2.23. The number of alkyl halides is 3. The van der Waals surface area contributed by atoms with E-state index >= 15 is 0 Å². The second kappa shape index (κ2) is 5.76. The number of rotatable bonds is 4. The highest BCUT2D eigenvalue weighted by atomic mass is 32.1. The molecule has 23 heavy (non-hydrogen) atoms. The largest absolute Gasteiger partial charge is 0.408 e. The van der Waals surface area contributed by atoms with Crippen LogP contribution in [-0.2, 0) is 13.0 Å². The van der Waals surface area contributed by atoms with Gasteiger partial charge in [-0.2, -0.15) is 27.6 Å². The van der Waals surface area contributed by atoms with Crippen molar-refractivity contribution in [2.24, 2.45) is 0 Å². The van der Waals surface area contributed by atoms with Gasteiger partial charge in [0.05, 0.1) is 23.4 Å². The number of aryl methyl sites for hydroxylation is 2. The maximum absolute atomic E-state index is 12.3. The molecule has 0 bridgehead atoms. The van der Waals surface area contributed by atoms with E-state index in [1.54, 1.807) is 0 Å². The Morgan fingerprint density at radius 1 is 1.30 bits per heavy atom. The molecular weight excluding hydrogens is 331 g/mol. The molecule has 0 amide bonds. The number of halogens is 3. The highest BCUT2D eigenvalue weighted by Gasteiger charge is 2.28. The molecule has 3 aromatic heterocycles. The summed E-state index contributed by atoms with van der Waals surface area (Å²) in [6, 6.07) is 1.50. The van der Waals surface area contributed by atoms with E-state index in [4.69, 9.17) is 4.52 Å². The van der Waals surface area contributed by atoms with Gasteiger partial charge in [-0.25, -0.2) is 0 Å². The van der Waals surface area contributed by atoms with Crippen molar-refractivity contribution in [1.82, 2.24) is 24.3 Å². The van der Waals surface area contributed by atoms with E-state index in [2.05, 4.69) is 19.6 Å². The molecular formula is C13H12F3N5OS. The van der Waals surface area contributed by atoms with Gasteiger partial charge in [0.25, 0.3) is 0 Å². The standard InChI is InChI=1S/C13H12F3N5OS/c1-7-11(8(2)23-20-7)12-17-10(22-19-12)5-9-3-4-21(18-9)6-13(14,15)16/h3-4H,5-6H2,1-2H3. The molecule has 0 aromatic carbocycles. The Labute approximate surface area is 133 Å². The van der Waals surface area contributed by atoms with E-state index in [9.17, 15) is 13.2 Å². The summed E-state index contributed by atoms with van der Waals surface area (Å²) in [6.07, 6.45) is -2.85. The molecule has 0 spiro atoms. The van der Waals surface area contributed by atoms with Crippen LogP contribution < -0.4 is 0 Å². The maximum atomic E-state index is 12.3. The lowest BCUT2D eigenvalue weighted by Crippen LogP contribution is -2.18. The van der Waals surface area contributed by atoms with Crippen molar-refractivity contribution >= 4 is 11.5 Å². The van der Waals surface area contributed by atoms with Crippen LogP contribution >= 0.6 is 11.5 Å².